The lowest BCUT2D eigenvalue weighted by molar-refractivity contribution is -0.126. The number of amides is 2. The van der Waals surface area contributed by atoms with Crippen LogP contribution in [0.25, 0.3) is 0 Å². The van der Waals surface area contributed by atoms with E-state index in [9.17, 15) is 18.0 Å². The van der Waals surface area contributed by atoms with Crippen LogP contribution in [-0.2, 0) is 19.6 Å². The molecule has 132 valence electrons. The molecule has 2 amide bonds. The predicted octanol–water partition coefficient (Wildman–Crippen LogP) is 0.129. The average Bonchev–Trinajstić information content (AvgIpc) is 2.53. The van der Waals surface area contributed by atoms with Gasteiger partial charge < -0.3 is 15.4 Å². The Hall–Kier alpha value is -2.13. The van der Waals surface area contributed by atoms with Crippen molar-refractivity contribution in [3.05, 3.63) is 23.8 Å². The van der Waals surface area contributed by atoms with Crippen LogP contribution < -0.4 is 15.4 Å². The van der Waals surface area contributed by atoms with Crippen molar-refractivity contribution in [2.45, 2.75) is 12.3 Å². The van der Waals surface area contributed by atoms with E-state index in [1.54, 1.807) is 18.2 Å². The summed E-state index contributed by atoms with van der Waals surface area (Å²) in [5.41, 5.74) is 1.22. The lowest BCUT2D eigenvalue weighted by Gasteiger charge is -2.25. The van der Waals surface area contributed by atoms with Gasteiger partial charge in [0.15, 0.2) is 0 Å². The van der Waals surface area contributed by atoms with Crippen LogP contribution in [0.4, 0.5) is 5.69 Å². The van der Waals surface area contributed by atoms with E-state index in [2.05, 4.69) is 10.6 Å². The third-order valence-electron chi connectivity index (χ3n) is 3.83. The molecule has 0 saturated heterocycles. The van der Waals surface area contributed by atoms with E-state index in [0.29, 0.717) is 17.0 Å². The molecule has 0 aliphatic carbocycles. The number of benzene rings is 1. The predicted molar refractivity (Wildman–Crippen MR) is 89.5 cm³/mol. The molecule has 1 unspecified atom stereocenters. The number of anilines is 1. The van der Waals surface area contributed by atoms with Crippen molar-refractivity contribution in [1.29, 1.82) is 0 Å². The molecule has 9 heteroatoms. The SMILES string of the molecule is COc1ccc2c(c1)C(C(=O)NCCS(=O)(=O)N(C)C)CC(=O)N2. The van der Waals surface area contributed by atoms with Crippen molar-refractivity contribution < 1.29 is 22.7 Å². The zero-order valence-electron chi connectivity index (χ0n) is 13.8. The Morgan fingerprint density at radius 2 is 2.12 bits per heavy atom. The lowest BCUT2D eigenvalue weighted by atomic mass is 9.89. The first-order valence-corrected chi connectivity index (χ1v) is 9.01. The first-order chi connectivity index (χ1) is 11.2. The van der Waals surface area contributed by atoms with Crippen LogP contribution in [-0.4, -0.2) is 58.0 Å². The summed E-state index contributed by atoms with van der Waals surface area (Å²) in [7, 11) is 1.00. The van der Waals surface area contributed by atoms with E-state index in [0.717, 1.165) is 4.31 Å². The molecule has 8 nitrogen and oxygen atoms in total. The number of hydrogen-bond acceptors (Lipinski definition) is 5. The Kier molecular flexibility index (Phi) is 5.45. The number of methoxy groups -OCH3 is 1. The van der Waals surface area contributed by atoms with Gasteiger partial charge in [-0.05, 0) is 23.8 Å². The Morgan fingerprint density at radius 3 is 2.75 bits per heavy atom. The first-order valence-electron chi connectivity index (χ1n) is 7.40. The Labute approximate surface area is 141 Å². The highest BCUT2D eigenvalue weighted by molar-refractivity contribution is 7.89. The molecular weight excluding hydrogens is 334 g/mol. The van der Waals surface area contributed by atoms with Crippen molar-refractivity contribution in [1.82, 2.24) is 9.62 Å². The van der Waals surface area contributed by atoms with Crippen LogP contribution in [0.3, 0.4) is 0 Å². The van der Waals surface area contributed by atoms with Crippen molar-refractivity contribution in [2.75, 3.05) is 38.8 Å². The van der Waals surface area contributed by atoms with Crippen LogP contribution in [0.2, 0.25) is 0 Å². The minimum atomic E-state index is -3.39. The lowest BCUT2D eigenvalue weighted by Crippen LogP contribution is -2.38. The molecular formula is C15H21N3O5S. The quantitative estimate of drug-likeness (QED) is 0.755. The summed E-state index contributed by atoms with van der Waals surface area (Å²) in [6.45, 7) is -0.0171. The molecule has 1 aromatic carbocycles. The third-order valence-corrected chi connectivity index (χ3v) is 5.66. The zero-order valence-corrected chi connectivity index (χ0v) is 14.6. The fourth-order valence-electron chi connectivity index (χ4n) is 2.41. The fourth-order valence-corrected chi connectivity index (χ4v) is 3.13. The largest absolute Gasteiger partial charge is 0.497 e. The summed E-state index contributed by atoms with van der Waals surface area (Å²) < 4.78 is 29.7. The highest BCUT2D eigenvalue weighted by atomic mass is 32.2. The minimum absolute atomic E-state index is 0.00638. The van der Waals surface area contributed by atoms with Gasteiger partial charge in [-0.1, -0.05) is 0 Å². The normalized spacial score (nSPS) is 17.2. The number of nitrogens with zero attached hydrogens (tertiary/aromatic N) is 1. The topological polar surface area (TPSA) is 105 Å². The smallest absolute Gasteiger partial charge is 0.228 e. The van der Waals surface area contributed by atoms with Crippen LogP contribution in [0.1, 0.15) is 17.9 Å². The van der Waals surface area contributed by atoms with Gasteiger partial charge in [-0.3, -0.25) is 9.59 Å². The van der Waals surface area contributed by atoms with Gasteiger partial charge in [0.2, 0.25) is 21.8 Å². The van der Waals surface area contributed by atoms with Crippen molar-refractivity contribution >= 4 is 27.5 Å². The number of carbonyl (C=O) groups excluding carboxylic acids is 2. The van der Waals surface area contributed by atoms with Gasteiger partial charge >= 0.3 is 0 Å². The van der Waals surface area contributed by atoms with E-state index >= 15 is 0 Å². The first kappa shape index (κ1) is 18.2. The van der Waals surface area contributed by atoms with Crippen LogP contribution in [0, 0.1) is 0 Å². The van der Waals surface area contributed by atoms with Crippen molar-refractivity contribution in [3.8, 4) is 5.75 Å². The number of sulfonamides is 1. The minimum Gasteiger partial charge on any atom is -0.497 e. The maximum atomic E-state index is 12.4. The molecule has 1 atom stereocenters. The molecule has 2 rings (SSSR count). The standard InChI is InChI=1S/C15H21N3O5S/c1-18(2)24(21,22)7-6-16-15(20)12-9-14(19)17-13-5-4-10(23-3)8-11(12)13/h4-5,8,12H,6-7,9H2,1-3H3,(H,16,20)(H,17,19). The second-order valence-electron chi connectivity index (χ2n) is 5.65. The molecule has 0 bridgehead atoms. The summed E-state index contributed by atoms with van der Waals surface area (Å²) in [4.78, 5) is 24.2. The Morgan fingerprint density at radius 1 is 1.42 bits per heavy atom. The van der Waals surface area contributed by atoms with Gasteiger partial charge in [0, 0.05) is 32.7 Å². The molecule has 1 aromatic rings. The van der Waals surface area contributed by atoms with Crippen LogP contribution in [0.15, 0.2) is 18.2 Å². The number of hydrogen-bond donors (Lipinski definition) is 2. The molecule has 2 N–H and O–H groups in total. The van der Waals surface area contributed by atoms with Crippen LogP contribution >= 0.6 is 0 Å². The van der Waals surface area contributed by atoms with Gasteiger partial charge in [0.25, 0.3) is 0 Å². The molecule has 0 saturated carbocycles. The van der Waals surface area contributed by atoms with E-state index in [4.69, 9.17) is 4.74 Å². The van der Waals surface area contributed by atoms with Crippen LogP contribution in [0.5, 0.6) is 5.75 Å². The average molecular weight is 355 g/mol. The van der Waals surface area contributed by atoms with E-state index in [1.165, 1.54) is 21.2 Å². The maximum absolute atomic E-state index is 12.4. The van der Waals surface area contributed by atoms with Gasteiger partial charge in [0.1, 0.15) is 5.75 Å². The summed E-state index contributed by atoms with van der Waals surface area (Å²) in [5, 5.41) is 5.31. The number of fused-ring (bicyclic) bond motifs is 1. The van der Waals surface area contributed by atoms with E-state index in [-0.39, 0.29) is 30.5 Å². The third kappa shape index (κ3) is 4.04. The number of rotatable bonds is 6. The monoisotopic (exact) mass is 355 g/mol. The highest BCUT2D eigenvalue weighted by Crippen LogP contribution is 2.34. The number of nitrogens with one attached hydrogen (secondary N) is 2. The molecule has 24 heavy (non-hydrogen) atoms. The molecule has 0 fully saturated rings. The summed E-state index contributed by atoms with van der Waals surface area (Å²) in [5.74, 6) is -0.929. The second-order valence-corrected chi connectivity index (χ2v) is 7.95. The van der Waals surface area contributed by atoms with Gasteiger partial charge in [-0.15, -0.1) is 0 Å². The van der Waals surface area contributed by atoms with Gasteiger partial charge in [-0.2, -0.15) is 0 Å². The molecule has 0 radical (unpaired) electrons. The maximum Gasteiger partial charge on any atom is 0.228 e. The summed E-state index contributed by atoms with van der Waals surface area (Å²) in [6, 6.07) is 5.08. The van der Waals surface area contributed by atoms with Crippen molar-refractivity contribution in [2.24, 2.45) is 0 Å². The highest BCUT2D eigenvalue weighted by Gasteiger charge is 2.31. The summed E-state index contributed by atoms with van der Waals surface area (Å²) >= 11 is 0. The number of ether oxygens (including phenoxy) is 1. The molecule has 1 aliphatic heterocycles. The number of carbonyl (C=O) groups is 2. The van der Waals surface area contributed by atoms with Crippen molar-refractivity contribution in [3.63, 3.8) is 0 Å². The molecule has 0 spiro atoms. The Bertz CT molecular complexity index is 745. The molecule has 1 heterocycles. The van der Waals surface area contributed by atoms with E-state index in [1.807, 2.05) is 0 Å². The van der Waals surface area contributed by atoms with Gasteiger partial charge in [-0.25, -0.2) is 12.7 Å². The molecule has 0 aromatic heterocycles. The summed E-state index contributed by atoms with van der Waals surface area (Å²) in [6.07, 6.45) is 0.00638. The van der Waals surface area contributed by atoms with Gasteiger partial charge in [0.05, 0.1) is 18.8 Å². The molecule has 1 aliphatic rings. The van der Waals surface area contributed by atoms with E-state index < -0.39 is 15.9 Å². The second kappa shape index (κ2) is 7.18. The zero-order chi connectivity index (χ0) is 17.9. The fraction of sp³-hybridized carbons (Fsp3) is 0.467. The Balaban J connectivity index is 2.11.